The Kier molecular flexibility index (Phi) is 6.46. The Hall–Kier alpha value is 0.582. The normalized spacial score (nSPS) is 21.0. The molecule has 1 aliphatic rings. The summed E-state index contributed by atoms with van der Waals surface area (Å²) in [6.07, 6.45) is 1.25. The van der Waals surface area contributed by atoms with Gasteiger partial charge in [0.15, 0.2) is 0 Å². The van der Waals surface area contributed by atoms with Crippen molar-refractivity contribution >= 4 is 0 Å². The maximum atomic E-state index is 4.36. The summed E-state index contributed by atoms with van der Waals surface area (Å²) in [5.74, 6) is 0. The first-order chi connectivity index (χ1) is 4.80. The van der Waals surface area contributed by atoms with Crippen LogP contribution in [0.4, 0.5) is 0 Å². The van der Waals surface area contributed by atoms with Gasteiger partial charge < -0.3 is 10.2 Å². The summed E-state index contributed by atoms with van der Waals surface area (Å²) >= 11 is 0. The summed E-state index contributed by atoms with van der Waals surface area (Å²) in [6.45, 7) is 9.02. The first-order valence-electron chi connectivity index (χ1n) is 4.18. The van der Waals surface area contributed by atoms with Gasteiger partial charge in [-0.1, -0.05) is 6.42 Å². The Morgan fingerprint density at radius 2 is 1.91 bits per heavy atom. The zero-order chi connectivity index (χ0) is 7.40. The summed E-state index contributed by atoms with van der Waals surface area (Å²) in [5, 5.41) is 4.36. The maximum absolute atomic E-state index is 4.36. The Labute approximate surface area is 83.4 Å². The minimum absolute atomic E-state index is 0. The van der Waals surface area contributed by atoms with Crippen LogP contribution in [0.2, 0.25) is 0 Å². The molecule has 1 saturated heterocycles. The van der Waals surface area contributed by atoms with E-state index < -0.39 is 0 Å². The van der Waals surface area contributed by atoms with E-state index in [1.807, 2.05) is 0 Å². The van der Waals surface area contributed by atoms with Crippen LogP contribution < -0.4 is 0 Å². The molecule has 0 spiro atoms. The molecule has 0 atom stereocenters. The minimum atomic E-state index is 0. The Morgan fingerprint density at radius 1 is 1.18 bits per heavy atom. The second-order valence-electron chi connectivity index (χ2n) is 3.15. The smallest absolute Gasteiger partial charge is 0.00378 e. The van der Waals surface area contributed by atoms with Crippen LogP contribution in [-0.2, 0) is 20.4 Å². The van der Waals surface area contributed by atoms with Gasteiger partial charge >= 0.3 is 0 Å². The summed E-state index contributed by atoms with van der Waals surface area (Å²) in [7, 11) is 0. The number of hydrogen-bond donors (Lipinski definition) is 0. The summed E-state index contributed by atoms with van der Waals surface area (Å²) in [6, 6.07) is 0.702. The van der Waals surface area contributed by atoms with E-state index >= 15 is 0 Å². The molecule has 0 bridgehead atoms. The first-order valence-corrected chi connectivity index (χ1v) is 4.18. The van der Waals surface area contributed by atoms with Crippen LogP contribution >= 0.6 is 0 Å². The second kappa shape index (κ2) is 6.14. The van der Waals surface area contributed by atoms with Gasteiger partial charge in [0.25, 0.3) is 0 Å². The van der Waals surface area contributed by atoms with Crippen LogP contribution in [0.25, 0.3) is 5.32 Å². The van der Waals surface area contributed by atoms with Gasteiger partial charge in [-0.15, -0.1) is 13.1 Å². The summed E-state index contributed by atoms with van der Waals surface area (Å²) in [5.41, 5.74) is 0. The van der Waals surface area contributed by atoms with Crippen LogP contribution in [0.5, 0.6) is 0 Å². The van der Waals surface area contributed by atoms with Gasteiger partial charge in [0.05, 0.1) is 0 Å². The molecular formula is C8H17N2Re-. The molecule has 0 aromatic rings. The first kappa shape index (κ1) is 11.6. The molecule has 1 aliphatic heterocycles. The quantitative estimate of drug-likeness (QED) is 0.713. The van der Waals surface area contributed by atoms with Crippen molar-refractivity contribution < 1.29 is 20.4 Å². The summed E-state index contributed by atoms with van der Waals surface area (Å²) in [4.78, 5) is 2.50. The Bertz CT molecular complexity index is 88.1. The average Bonchev–Trinajstić information content (AvgIpc) is 2.12. The largest absolute Gasteiger partial charge is 0.661 e. The van der Waals surface area contributed by atoms with E-state index in [2.05, 4.69) is 24.1 Å². The molecule has 0 N–H and O–H groups in total. The Morgan fingerprint density at radius 3 is 2.55 bits per heavy atom. The molecule has 0 unspecified atom stereocenters. The molecule has 3 heteroatoms. The summed E-state index contributed by atoms with van der Waals surface area (Å²) < 4.78 is 0. The zero-order valence-electron chi connectivity index (χ0n) is 7.39. The van der Waals surface area contributed by atoms with E-state index in [9.17, 15) is 0 Å². The molecule has 0 aromatic heterocycles. The van der Waals surface area contributed by atoms with Crippen LogP contribution in [0.3, 0.4) is 0 Å². The predicted molar refractivity (Wildman–Crippen MR) is 44.4 cm³/mol. The van der Waals surface area contributed by atoms with Crippen molar-refractivity contribution in [3.63, 3.8) is 0 Å². The molecule has 0 saturated carbocycles. The Balaban J connectivity index is 0.000001000. The standard InChI is InChI=1S/C8H17N2.Re/c1-8(2)10-6-3-4-9-5-7-10;/h8H,3-7H2,1-2H3;/q-1;. The van der Waals surface area contributed by atoms with E-state index in [-0.39, 0.29) is 20.4 Å². The van der Waals surface area contributed by atoms with Gasteiger partial charge in [0, 0.05) is 26.5 Å². The van der Waals surface area contributed by atoms with E-state index in [1.54, 1.807) is 0 Å². The molecule has 2 nitrogen and oxygen atoms in total. The van der Waals surface area contributed by atoms with Crippen molar-refractivity contribution in [3.05, 3.63) is 5.32 Å². The van der Waals surface area contributed by atoms with Gasteiger partial charge in [0.2, 0.25) is 0 Å². The molecule has 0 amide bonds. The topological polar surface area (TPSA) is 17.3 Å². The molecular weight excluding hydrogens is 310 g/mol. The van der Waals surface area contributed by atoms with Crippen molar-refractivity contribution in [2.75, 3.05) is 26.2 Å². The maximum Gasteiger partial charge on any atom is 0.00378 e. The van der Waals surface area contributed by atoms with Gasteiger partial charge in [0.1, 0.15) is 0 Å². The number of rotatable bonds is 1. The van der Waals surface area contributed by atoms with Gasteiger partial charge in [-0.05, 0) is 26.9 Å². The van der Waals surface area contributed by atoms with E-state index in [0.29, 0.717) is 6.04 Å². The predicted octanol–water partition coefficient (Wildman–Crippen LogP) is 1.47. The molecule has 67 valence electrons. The third-order valence-corrected chi connectivity index (χ3v) is 2.04. The molecule has 1 heterocycles. The molecule has 0 aromatic carbocycles. The fourth-order valence-corrected chi connectivity index (χ4v) is 1.32. The van der Waals surface area contributed by atoms with Crippen molar-refractivity contribution in [3.8, 4) is 0 Å². The molecule has 11 heavy (non-hydrogen) atoms. The van der Waals surface area contributed by atoms with Crippen molar-refractivity contribution in [2.45, 2.75) is 26.3 Å². The van der Waals surface area contributed by atoms with Crippen molar-refractivity contribution in [1.82, 2.24) is 4.90 Å². The second-order valence-corrected chi connectivity index (χ2v) is 3.15. The monoisotopic (exact) mass is 328 g/mol. The number of nitrogens with zero attached hydrogens (tertiary/aromatic N) is 2. The van der Waals surface area contributed by atoms with Crippen LogP contribution in [0, 0.1) is 0 Å². The SMILES string of the molecule is CC(C)N1CCC[N-]CC1.[Re]. The molecule has 1 rings (SSSR count). The fraction of sp³-hybridized carbons (Fsp3) is 1.00. The van der Waals surface area contributed by atoms with Crippen LogP contribution in [0.15, 0.2) is 0 Å². The average molecular weight is 327 g/mol. The van der Waals surface area contributed by atoms with Crippen LogP contribution in [-0.4, -0.2) is 37.1 Å². The zero-order valence-corrected chi connectivity index (χ0v) is 10.1. The van der Waals surface area contributed by atoms with E-state index in [0.717, 1.165) is 19.6 Å². The fourth-order valence-electron chi connectivity index (χ4n) is 1.32. The van der Waals surface area contributed by atoms with Gasteiger partial charge in [-0.25, -0.2) is 0 Å². The van der Waals surface area contributed by atoms with Crippen LogP contribution in [0.1, 0.15) is 20.3 Å². The minimum Gasteiger partial charge on any atom is -0.661 e. The van der Waals surface area contributed by atoms with Gasteiger partial charge in [-0.3, -0.25) is 0 Å². The number of hydrogen-bond acceptors (Lipinski definition) is 1. The molecule has 1 radical (unpaired) electrons. The van der Waals surface area contributed by atoms with E-state index in [1.165, 1.54) is 13.0 Å². The molecule has 1 fully saturated rings. The third kappa shape index (κ3) is 4.23. The van der Waals surface area contributed by atoms with Gasteiger partial charge in [-0.2, -0.15) is 0 Å². The van der Waals surface area contributed by atoms with Crippen molar-refractivity contribution in [1.29, 1.82) is 0 Å². The third-order valence-electron chi connectivity index (χ3n) is 2.04. The molecule has 0 aliphatic carbocycles. The van der Waals surface area contributed by atoms with E-state index in [4.69, 9.17) is 0 Å². The van der Waals surface area contributed by atoms with Crippen molar-refractivity contribution in [2.24, 2.45) is 0 Å².